The average molecular weight is 317 g/mol. The van der Waals surface area contributed by atoms with Gasteiger partial charge in [-0.3, -0.25) is 0 Å². The van der Waals surface area contributed by atoms with E-state index < -0.39 is 16.0 Å². The molecule has 1 aromatic rings. The summed E-state index contributed by atoms with van der Waals surface area (Å²) in [5.41, 5.74) is -0.120. The SMILES string of the molecule is CCOCCCNS(=O)(=O)c1cc(C(=O)O)ccc1OC. The third kappa shape index (κ3) is 5.00. The van der Waals surface area contributed by atoms with Gasteiger partial charge < -0.3 is 14.6 Å². The lowest BCUT2D eigenvalue weighted by molar-refractivity contribution is 0.0696. The minimum absolute atomic E-state index is 0.0947. The fourth-order valence-electron chi connectivity index (χ4n) is 1.62. The molecule has 0 unspecified atom stereocenters. The number of methoxy groups -OCH3 is 1. The van der Waals surface area contributed by atoms with Gasteiger partial charge in [-0.05, 0) is 31.5 Å². The second-order valence-corrected chi connectivity index (χ2v) is 5.85. The Kier molecular flexibility index (Phi) is 6.60. The highest BCUT2D eigenvalue weighted by Gasteiger charge is 2.21. The second-order valence-electron chi connectivity index (χ2n) is 4.12. The molecule has 0 fully saturated rings. The lowest BCUT2D eigenvalue weighted by Crippen LogP contribution is -2.26. The fourth-order valence-corrected chi connectivity index (χ4v) is 2.89. The minimum atomic E-state index is -3.84. The lowest BCUT2D eigenvalue weighted by atomic mass is 10.2. The van der Waals surface area contributed by atoms with E-state index in [4.69, 9.17) is 14.6 Å². The molecule has 0 aliphatic carbocycles. The number of carboxylic acids is 1. The number of carbonyl (C=O) groups is 1. The molecule has 0 saturated carbocycles. The molecule has 8 heteroatoms. The van der Waals surface area contributed by atoms with E-state index in [0.29, 0.717) is 19.6 Å². The number of nitrogens with one attached hydrogen (secondary N) is 1. The molecule has 0 saturated heterocycles. The van der Waals surface area contributed by atoms with Gasteiger partial charge in [0.15, 0.2) is 0 Å². The summed E-state index contributed by atoms with van der Waals surface area (Å²) in [6.45, 7) is 3.07. The van der Waals surface area contributed by atoms with Crippen molar-refractivity contribution < 1.29 is 27.8 Å². The maximum absolute atomic E-state index is 12.2. The van der Waals surface area contributed by atoms with Crippen molar-refractivity contribution in [3.05, 3.63) is 23.8 Å². The third-order valence-electron chi connectivity index (χ3n) is 2.66. The van der Waals surface area contributed by atoms with Crippen LogP contribution in [0.2, 0.25) is 0 Å². The molecule has 0 amide bonds. The topological polar surface area (TPSA) is 102 Å². The predicted molar refractivity (Wildman–Crippen MR) is 76.3 cm³/mol. The number of benzene rings is 1. The van der Waals surface area contributed by atoms with Crippen LogP contribution < -0.4 is 9.46 Å². The first-order chi connectivity index (χ1) is 9.92. The quantitative estimate of drug-likeness (QED) is 0.661. The van der Waals surface area contributed by atoms with Gasteiger partial charge in [0.2, 0.25) is 10.0 Å². The van der Waals surface area contributed by atoms with Crippen molar-refractivity contribution in [1.29, 1.82) is 0 Å². The molecule has 0 radical (unpaired) electrons. The Labute approximate surface area is 123 Å². The van der Waals surface area contributed by atoms with Crippen molar-refractivity contribution in [3.63, 3.8) is 0 Å². The third-order valence-corrected chi connectivity index (χ3v) is 4.14. The van der Waals surface area contributed by atoms with Gasteiger partial charge in [0.1, 0.15) is 10.6 Å². The Morgan fingerprint density at radius 2 is 2.10 bits per heavy atom. The summed E-state index contributed by atoms with van der Waals surface area (Å²) in [6, 6.07) is 3.68. The summed E-state index contributed by atoms with van der Waals surface area (Å²) < 4.78 is 36.9. The van der Waals surface area contributed by atoms with E-state index in [9.17, 15) is 13.2 Å². The van der Waals surface area contributed by atoms with Crippen molar-refractivity contribution in [1.82, 2.24) is 4.72 Å². The summed E-state index contributed by atoms with van der Waals surface area (Å²) in [7, 11) is -2.52. The fraction of sp³-hybridized carbons (Fsp3) is 0.462. The zero-order valence-electron chi connectivity index (χ0n) is 12.0. The van der Waals surface area contributed by atoms with Crippen LogP contribution in [0.5, 0.6) is 5.75 Å². The van der Waals surface area contributed by atoms with E-state index in [1.165, 1.54) is 19.2 Å². The molecule has 118 valence electrons. The Balaban J connectivity index is 2.90. The van der Waals surface area contributed by atoms with Crippen LogP contribution in [0, 0.1) is 0 Å². The van der Waals surface area contributed by atoms with Crippen molar-refractivity contribution in [2.45, 2.75) is 18.2 Å². The second kappa shape index (κ2) is 7.96. The molecule has 0 atom stereocenters. The molecule has 1 aromatic carbocycles. The van der Waals surface area contributed by atoms with Crippen molar-refractivity contribution >= 4 is 16.0 Å². The van der Waals surface area contributed by atoms with E-state index in [-0.39, 0.29) is 22.8 Å². The normalized spacial score (nSPS) is 11.3. The number of hydrogen-bond acceptors (Lipinski definition) is 5. The van der Waals surface area contributed by atoms with Gasteiger partial charge in [-0.15, -0.1) is 0 Å². The Morgan fingerprint density at radius 3 is 2.67 bits per heavy atom. The molecule has 0 spiro atoms. The first kappa shape index (κ1) is 17.4. The monoisotopic (exact) mass is 317 g/mol. The first-order valence-corrected chi connectivity index (χ1v) is 7.89. The summed E-state index contributed by atoms with van der Waals surface area (Å²) in [5.74, 6) is -1.11. The molecule has 0 bridgehead atoms. The summed E-state index contributed by atoms with van der Waals surface area (Å²) in [4.78, 5) is 10.7. The van der Waals surface area contributed by atoms with Crippen LogP contribution in [-0.2, 0) is 14.8 Å². The largest absolute Gasteiger partial charge is 0.495 e. The van der Waals surface area contributed by atoms with Gasteiger partial charge in [0, 0.05) is 19.8 Å². The highest BCUT2D eigenvalue weighted by Crippen LogP contribution is 2.24. The van der Waals surface area contributed by atoms with Crippen LogP contribution in [0.25, 0.3) is 0 Å². The number of rotatable bonds is 9. The minimum Gasteiger partial charge on any atom is -0.495 e. The van der Waals surface area contributed by atoms with E-state index in [1.807, 2.05) is 6.92 Å². The standard InChI is InChI=1S/C13H19NO6S/c1-3-20-8-4-7-14-21(17,18)12-9-10(13(15)16)5-6-11(12)19-2/h5-6,9,14H,3-4,7-8H2,1-2H3,(H,15,16). The molecule has 2 N–H and O–H groups in total. The molecular formula is C13H19NO6S. The van der Waals surface area contributed by atoms with Crippen molar-refractivity contribution in [2.75, 3.05) is 26.9 Å². The summed E-state index contributed by atoms with van der Waals surface area (Å²) in [5, 5.41) is 8.94. The highest BCUT2D eigenvalue weighted by molar-refractivity contribution is 7.89. The van der Waals surface area contributed by atoms with E-state index >= 15 is 0 Å². The van der Waals surface area contributed by atoms with E-state index in [1.54, 1.807) is 0 Å². The molecule has 0 aromatic heterocycles. The summed E-state index contributed by atoms with van der Waals surface area (Å²) >= 11 is 0. The van der Waals surface area contributed by atoms with E-state index in [0.717, 1.165) is 6.07 Å². The zero-order valence-corrected chi connectivity index (χ0v) is 12.8. The maximum atomic E-state index is 12.2. The number of hydrogen-bond donors (Lipinski definition) is 2. The van der Waals surface area contributed by atoms with E-state index in [2.05, 4.69) is 4.72 Å². The van der Waals surface area contributed by atoms with Crippen LogP contribution in [0.15, 0.2) is 23.1 Å². The molecule has 0 aliphatic heterocycles. The van der Waals surface area contributed by atoms with Gasteiger partial charge in [-0.1, -0.05) is 0 Å². The van der Waals surface area contributed by atoms with Crippen LogP contribution >= 0.6 is 0 Å². The number of ether oxygens (including phenoxy) is 2. The average Bonchev–Trinajstić information content (AvgIpc) is 2.46. The maximum Gasteiger partial charge on any atom is 0.335 e. The van der Waals surface area contributed by atoms with Gasteiger partial charge in [0.05, 0.1) is 12.7 Å². The molecule has 21 heavy (non-hydrogen) atoms. The van der Waals surface area contributed by atoms with Crippen LogP contribution in [0.1, 0.15) is 23.7 Å². The first-order valence-electron chi connectivity index (χ1n) is 6.41. The van der Waals surface area contributed by atoms with Crippen LogP contribution in [-0.4, -0.2) is 46.4 Å². The Hall–Kier alpha value is -1.64. The van der Waals surface area contributed by atoms with Gasteiger partial charge in [-0.25, -0.2) is 17.9 Å². The number of sulfonamides is 1. The molecular weight excluding hydrogens is 298 g/mol. The molecule has 1 rings (SSSR count). The van der Waals surface area contributed by atoms with Crippen LogP contribution in [0.3, 0.4) is 0 Å². The zero-order chi connectivity index (χ0) is 15.9. The predicted octanol–water partition coefficient (Wildman–Crippen LogP) is 1.10. The highest BCUT2D eigenvalue weighted by atomic mass is 32.2. The van der Waals surface area contributed by atoms with Crippen molar-refractivity contribution in [3.8, 4) is 5.75 Å². The molecule has 7 nitrogen and oxygen atoms in total. The Morgan fingerprint density at radius 1 is 1.38 bits per heavy atom. The number of aromatic carboxylic acids is 1. The molecule has 0 heterocycles. The van der Waals surface area contributed by atoms with Crippen molar-refractivity contribution in [2.24, 2.45) is 0 Å². The lowest BCUT2D eigenvalue weighted by Gasteiger charge is -2.11. The smallest absolute Gasteiger partial charge is 0.335 e. The van der Waals surface area contributed by atoms with Gasteiger partial charge >= 0.3 is 5.97 Å². The molecule has 0 aliphatic rings. The van der Waals surface area contributed by atoms with Crippen LogP contribution in [0.4, 0.5) is 0 Å². The van der Waals surface area contributed by atoms with Gasteiger partial charge in [0.25, 0.3) is 0 Å². The summed E-state index contributed by atoms with van der Waals surface area (Å²) in [6.07, 6.45) is 0.522. The number of carboxylic acid groups (broad SMARTS) is 1. The Bertz CT molecular complexity index is 584. The van der Waals surface area contributed by atoms with Gasteiger partial charge in [-0.2, -0.15) is 0 Å².